The van der Waals surface area contributed by atoms with E-state index in [4.69, 9.17) is 21.1 Å². The monoisotopic (exact) mass is 324 g/mol. The van der Waals surface area contributed by atoms with E-state index < -0.39 is 0 Å². The number of halogens is 1. The zero-order chi connectivity index (χ0) is 15.5. The number of nitrogens with zero attached hydrogens (tertiary/aromatic N) is 2. The lowest BCUT2D eigenvalue weighted by molar-refractivity contribution is -0.148. The number of hydrogen-bond acceptors (Lipinski definition) is 4. The van der Waals surface area contributed by atoms with Gasteiger partial charge in [0.25, 0.3) is 5.91 Å². The highest BCUT2D eigenvalue weighted by Gasteiger charge is 2.34. The molecule has 2 heterocycles. The first-order chi connectivity index (χ1) is 10.6. The van der Waals surface area contributed by atoms with Crippen molar-refractivity contribution in [1.82, 2.24) is 9.80 Å². The molecule has 0 unspecified atom stereocenters. The van der Waals surface area contributed by atoms with Gasteiger partial charge in [-0.2, -0.15) is 0 Å². The van der Waals surface area contributed by atoms with Gasteiger partial charge in [-0.1, -0.05) is 17.7 Å². The number of likely N-dealkylation sites (tertiary alicyclic amines) is 1. The van der Waals surface area contributed by atoms with E-state index in [1.54, 1.807) is 6.07 Å². The summed E-state index contributed by atoms with van der Waals surface area (Å²) in [6, 6.07) is 7.36. The molecule has 0 bridgehead atoms. The van der Waals surface area contributed by atoms with Gasteiger partial charge in [0, 0.05) is 31.1 Å². The summed E-state index contributed by atoms with van der Waals surface area (Å²) in [5.74, 6) is 0.823. The van der Waals surface area contributed by atoms with Gasteiger partial charge in [0.05, 0.1) is 13.2 Å². The van der Waals surface area contributed by atoms with Crippen molar-refractivity contribution in [2.24, 2.45) is 0 Å². The first-order valence-corrected chi connectivity index (χ1v) is 8.01. The predicted octanol–water partition coefficient (Wildman–Crippen LogP) is 1.65. The molecular formula is C16H21ClN2O3. The van der Waals surface area contributed by atoms with Crippen molar-refractivity contribution in [2.75, 3.05) is 39.8 Å². The lowest BCUT2D eigenvalue weighted by Crippen LogP contribution is -2.49. The van der Waals surface area contributed by atoms with Crippen molar-refractivity contribution in [3.8, 4) is 5.75 Å². The van der Waals surface area contributed by atoms with Crippen LogP contribution in [0.5, 0.6) is 5.75 Å². The molecule has 0 aliphatic carbocycles. The Hall–Kier alpha value is -1.30. The van der Waals surface area contributed by atoms with Gasteiger partial charge in [-0.3, -0.25) is 4.79 Å². The SMILES string of the molecule is CN1CCO[C@@H](C(=O)N2CC[C@H](Oc3cccc(Cl)c3)C2)C1. The van der Waals surface area contributed by atoms with Crippen molar-refractivity contribution in [2.45, 2.75) is 18.6 Å². The number of carbonyl (C=O) groups excluding carboxylic acids is 1. The summed E-state index contributed by atoms with van der Waals surface area (Å²) in [5.41, 5.74) is 0. The number of benzene rings is 1. The Bertz CT molecular complexity index is 540. The summed E-state index contributed by atoms with van der Waals surface area (Å²) in [6.45, 7) is 3.48. The van der Waals surface area contributed by atoms with Crippen molar-refractivity contribution >= 4 is 17.5 Å². The molecule has 0 aromatic heterocycles. The van der Waals surface area contributed by atoms with E-state index >= 15 is 0 Å². The minimum Gasteiger partial charge on any atom is -0.488 e. The molecule has 1 aromatic rings. The van der Waals surface area contributed by atoms with Crippen LogP contribution in [0.15, 0.2) is 24.3 Å². The van der Waals surface area contributed by atoms with Gasteiger partial charge in [0.15, 0.2) is 0 Å². The summed E-state index contributed by atoms with van der Waals surface area (Å²) < 4.78 is 11.5. The third-order valence-electron chi connectivity index (χ3n) is 4.10. The second-order valence-electron chi connectivity index (χ2n) is 5.89. The third kappa shape index (κ3) is 3.72. The number of amides is 1. The molecule has 2 fully saturated rings. The highest BCUT2D eigenvalue weighted by atomic mass is 35.5. The number of rotatable bonds is 3. The minimum absolute atomic E-state index is 0.0173. The molecule has 0 N–H and O–H groups in total. The lowest BCUT2D eigenvalue weighted by atomic mass is 10.2. The summed E-state index contributed by atoms with van der Waals surface area (Å²) in [7, 11) is 2.01. The van der Waals surface area contributed by atoms with Gasteiger partial charge >= 0.3 is 0 Å². The molecule has 1 amide bonds. The van der Waals surface area contributed by atoms with Crippen LogP contribution in [0.4, 0.5) is 0 Å². The van der Waals surface area contributed by atoms with E-state index in [9.17, 15) is 4.79 Å². The topological polar surface area (TPSA) is 42.0 Å². The number of carbonyl (C=O) groups is 1. The number of ether oxygens (including phenoxy) is 2. The second-order valence-corrected chi connectivity index (χ2v) is 6.33. The first-order valence-electron chi connectivity index (χ1n) is 7.63. The molecule has 0 saturated carbocycles. The third-order valence-corrected chi connectivity index (χ3v) is 4.34. The molecule has 120 valence electrons. The Balaban J connectivity index is 1.54. The molecule has 5 nitrogen and oxygen atoms in total. The van der Waals surface area contributed by atoms with Gasteiger partial charge in [-0.05, 0) is 25.2 Å². The van der Waals surface area contributed by atoms with Crippen molar-refractivity contribution in [3.05, 3.63) is 29.3 Å². The van der Waals surface area contributed by atoms with Crippen LogP contribution in [-0.4, -0.2) is 67.7 Å². The highest BCUT2D eigenvalue weighted by Crippen LogP contribution is 2.22. The molecule has 1 aromatic carbocycles. The summed E-state index contributed by atoms with van der Waals surface area (Å²) in [4.78, 5) is 16.5. The highest BCUT2D eigenvalue weighted by molar-refractivity contribution is 6.30. The minimum atomic E-state index is -0.344. The van der Waals surface area contributed by atoms with E-state index in [0.717, 1.165) is 18.7 Å². The van der Waals surface area contributed by atoms with E-state index in [2.05, 4.69) is 4.90 Å². The zero-order valence-corrected chi connectivity index (χ0v) is 13.5. The molecule has 0 radical (unpaired) electrons. The Morgan fingerprint density at radius 2 is 2.23 bits per heavy atom. The molecule has 2 aliphatic heterocycles. The predicted molar refractivity (Wildman–Crippen MR) is 84.3 cm³/mol. The normalized spacial score (nSPS) is 26.2. The summed E-state index contributed by atoms with van der Waals surface area (Å²) in [6.07, 6.45) is 0.508. The standard InChI is InChI=1S/C16H21ClN2O3/c1-18-7-8-21-15(11-18)16(20)19-6-5-14(10-19)22-13-4-2-3-12(17)9-13/h2-4,9,14-15H,5-8,10-11H2,1H3/t14-,15+/m0/s1. The van der Waals surface area contributed by atoms with Crippen LogP contribution in [0.2, 0.25) is 5.02 Å². The largest absolute Gasteiger partial charge is 0.488 e. The molecule has 6 heteroatoms. The zero-order valence-electron chi connectivity index (χ0n) is 12.7. The maximum absolute atomic E-state index is 12.5. The van der Waals surface area contributed by atoms with Crippen LogP contribution in [0.1, 0.15) is 6.42 Å². The summed E-state index contributed by atoms with van der Waals surface area (Å²) >= 11 is 5.96. The summed E-state index contributed by atoms with van der Waals surface area (Å²) in [5, 5.41) is 0.655. The Morgan fingerprint density at radius 3 is 3.00 bits per heavy atom. The van der Waals surface area contributed by atoms with Crippen LogP contribution in [-0.2, 0) is 9.53 Å². The average Bonchev–Trinajstić information content (AvgIpc) is 2.95. The maximum atomic E-state index is 12.5. The smallest absolute Gasteiger partial charge is 0.253 e. The van der Waals surface area contributed by atoms with Crippen molar-refractivity contribution < 1.29 is 14.3 Å². The fourth-order valence-corrected chi connectivity index (χ4v) is 3.07. The molecule has 0 spiro atoms. The quantitative estimate of drug-likeness (QED) is 0.848. The van der Waals surface area contributed by atoms with E-state index in [1.807, 2.05) is 30.1 Å². The van der Waals surface area contributed by atoms with Crippen LogP contribution in [0.3, 0.4) is 0 Å². The van der Waals surface area contributed by atoms with Gasteiger partial charge in [-0.15, -0.1) is 0 Å². The van der Waals surface area contributed by atoms with Crippen LogP contribution in [0.25, 0.3) is 0 Å². The van der Waals surface area contributed by atoms with Gasteiger partial charge in [0.1, 0.15) is 18.0 Å². The van der Waals surface area contributed by atoms with E-state index in [0.29, 0.717) is 31.3 Å². The van der Waals surface area contributed by atoms with Crippen LogP contribution >= 0.6 is 11.6 Å². The fourth-order valence-electron chi connectivity index (χ4n) is 2.89. The van der Waals surface area contributed by atoms with Gasteiger partial charge in [-0.25, -0.2) is 0 Å². The Labute approximate surface area is 135 Å². The molecule has 2 aliphatic rings. The van der Waals surface area contributed by atoms with Crippen LogP contribution in [0, 0.1) is 0 Å². The van der Waals surface area contributed by atoms with Crippen molar-refractivity contribution in [1.29, 1.82) is 0 Å². The van der Waals surface area contributed by atoms with E-state index in [-0.39, 0.29) is 18.1 Å². The molecule has 2 atom stereocenters. The van der Waals surface area contributed by atoms with Gasteiger partial charge < -0.3 is 19.3 Å². The van der Waals surface area contributed by atoms with Crippen molar-refractivity contribution in [3.63, 3.8) is 0 Å². The Kier molecular flexibility index (Phi) is 4.86. The number of hydrogen-bond donors (Lipinski definition) is 0. The lowest BCUT2D eigenvalue weighted by Gasteiger charge is -2.31. The number of morpholine rings is 1. The van der Waals surface area contributed by atoms with Crippen LogP contribution < -0.4 is 4.74 Å². The van der Waals surface area contributed by atoms with E-state index in [1.165, 1.54) is 0 Å². The second kappa shape index (κ2) is 6.86. The maximum Gasteiger partial charge on any atom is 0.253 e. The first kappa shape index (κ1) is 15.6. The molecular weight excluding hydrogens is 304 g/mol. The fraction of sp³-hybridized carbons (Fsp3) is 0.562. The Morgan fingerprint density at radius 1 is 1.36 bits per heavy atom. The molecule has 22 heavy (non-hydrogen) atoms. The average molecular weight is 325 g/mol. The molecule has 2 saturated heterocycles. The van der Waals surface area contributed by atoms with Gasteiger partial charge in [0.2, 0.25) is 0 Å². The molecule has 3 rings (SSSR count). The number of likely N-dealkylation sites (N-methyl/N-ethyl adjacent to an activating group) is 1.